The quantitative estimate of drug-likeness (QED) is 0.754. The molecule has 118 valence electrons. The Labute approximate surface area is 142 Å². The van der Waals surface area contributed by atoms with Gasteiger partial charge in [-0.2, -0.15) is 0 Å². The number of hydrogen-bond donors (Lipinski definition) is 1. The molecule has 21 heavy (non-hydrogen) atoms. The average Bonchev–Trinajstić information content (AvgIpc) is 2.89. The van der Waals surface area contributed by atoms with Gasteiger partial charge >= 0.3 is 0 Å². The molecule has 0 spiro atoms. The van der Waals surface area contributed by atoms with Crippen molar-refractivity contribution in [1.82, 2.24) is 10.2 Å². The van der Waals surface area contributed by atoms with Crippen LogP contribution in [0.4, 0.5) is 0 Å². The highest BCUT2D eigenvalue weighted by Gasteiger charge is 2.15. The first kappa shape index (κ1) is 17.7. The van der Waals surface area contributed by atoms with E-state index in [4.69, 9.17) is 14.2 Å². The Morgan fingerprint density at radius 3 is 2.19 bits per heavy atom. The molecule has 6 nitrogen and oxygen atoms in total. The fourth-order valence-electron chi connectivity index (χ4n) is 2.14. The summed E-state index contributed by atoms with van der Waals surface area (Å²) in [6.45, 7) is 2.45. The number of nitrogens with one attached hydrogen (secondary N) is 1. The molecule has 0 atom stereocenters. The van der Waals surface area contributed by atoms with Gasteiger partial charge in [-0.1, -0.05) is 0 Å². The summed E-state index contributed by atoms with van der Waals surface area (Å²) in [6.07, 6.45) is 0. The summed E-state index contributed by atoms with van der Waals surface area (Å²) < 4.78 is 16.0. The Morgan fingerprint density at radius 2 is 1.76 bits per heavy atom. The van der Waals surface area contributed by atoms with Gasteiger partial charge in [0.25, 0.3) is 0 Å². The summed E-state index contributed by atoms with van der Waals surface area (Å²) in [5.74, 6) is 2.84. The Morgan fingerprint density at radius 1 is 1.14 bits per heavy atom. The Kier molecular flexibility index (Phi) is 6.86. The third-order valence-corrected chi connectivity index (χ3v) is 3.23. The van der Waals surface area contributed by atoms with Crippen molar-refractivity contribution in [3.63, 3.8) is 0 Å². The highest BCUT2D eigenvalue weighted by molar-refractivity contribution is 14.0. The van der Waals surface area contributed by atoms with Gasteiger partial charge in [-0.25, -0.2) is 0 Å². The molecule has 1 aromatic carbocycles. The molecule has 0 bridgehead atoms. The molecule has 0 aliphatic carbocycles. The van der Waals surface area contributed by atoms with Gasteiger partial charge in [0, 0.05) is 20.1 Å². The first-order valence-electron chi connectivity index (χ1n) is 6.48. The van der Waals surface area contributed by atoms with E-state index in [-0.39, 0.29) is 24.0 Å². The second-order valence-electron chi connectivity index (χ2n) is 4.51. The molecule has 1 heterocycles. The number of hydrogen-bond acceptors (Lipinski definition) is 6. The van der Waals surface area contributed by atoms with Crippen molar-refractivity contribution in [2.45, 2.75) is 6.54 Å². The summed E-state index contributed by atoms with van der Waals surface area (Å²) >= 11 is 0. The van der Waals surface area contributed by atoms with E-state index in [1.165, 1.54) is 0 Å². The number of aliphatic imine (C=N–C) groups is 1. The van der Waals surface area contributed by atoms with Crippen LogP contribution in [0.2, 0.25) is 0 Å². The van der Waals surface area contributed by atoms with Gasteiger partial charge in [-0.05, 0) is 17.7 Å². The van der Waals surface area contributed by atoms with Gasteiger partial charge in [-0.15, -0.1) is 24.0 Å². The van der Waals surface area contributed by atoms with Gasteiger partial charge in [0.1, 0.15) is 0 Å². The summed E-state index contributed by atoms with van der Waals surface area (Å²) in [5.41, 5.74) is 1.04. The molecular formula is C14H22IN3O3. The average molecular weight is 407 g/mol. The monoisotopic (exact) mass is 407 g/mol. The third-order valence-electron chi connectivity index (χ3n) is 3.23. The Balaban J connectivity index is 0.00000220. The standard InChI is InChI=1S/C14H21N3O3.HI/c1-17-6-5-15-14(17)16-9-10-7-11(18-2)13(20-4)12(8-10)19-3;/h7-8H,5-6,9H2,1-4H3,(H,15,16);1H. The first-order chi connectivity index (χ1) is 9.69. The van der Waals surface area contributed by atoms with E-state index in [9.17, 15) is 0 Å². The molecule has 1 N–H and O–H groups in total. The van der Waals surface area contributed by atoms with Crippen molar-refractivity contribution >= 4 is 29.9 Å². The predicted molar refractivity (Wildman–Crippen MR) is 93.3 cm³/mol. The van der Waals surface area contributed by atoms with E-state index >= 15 is 0 Å². The molecule has 2 rings (SSSR count). The van der Waals surface area contributed by atoms with Crippen molar-refractivity contribution in [3.05, 3.63) is 17.7 Å². The maximum absolute atomic E-state index is 5.34. The minimum absolute atomic E-state index is 0. The van der Waals surface area contributed by atoms with E-state index in [0.29, 0.717) is 23.8 Å². The van der Waals surface area contributed by atoms with Crippen LogP contribution in [0.1, 0.15) is 5.56 Å². The van der Waals surface area contributed by atoms with Crippen LogP contribution in [-0.4, -0.2) is 52.3 Å². The number of nitrogens with zero attached hydrogens (tertiary/aromatic N) is 2. The first-order valence-corrected chi connectivity index (χ1v) is 6.48. The van der Waals surface area contributed by atoms with Gasteiger partial charge in [0.05, 0.1) is 27.9 Å². The zero-order valence-corrected chi connectivity index (χ0v) is 15.1. The third kappa shape index (κ3) is 4.05. The fraction of sp³-hybridized carbons (Fsp3) is 0.500. The van der Waals surface area contributed by atoms with Crippen molar-refractivity contribution in [1.29, 1.82) is 0 Å². The predicted octanol–water partition coefficient (Wildman–Crippen LogP) is 1.72. The lowest BCUT2D eigenvalue weighted by Gasteiger charge is -2.17. The van der Waals surface area contributed by atoms with Crippen molar-refractivity contribution in [2.75, 3.05) is 41.5 Å². The largest absolute Gasteiger partial charge is 0.493 e. The lowest BCUT2D eigenvalue weighted by atomic mass is 10.2. The van der Waals surface area contributed by atoms with Gasteiger partial charge in [0.2, 0.25) is 5.75 Å². The van der Waals surface area contributed by atoms with Crippen LogP contribution in [0.15, 0.2) is 17.1 Å². The minimum Gasteiger partial charge on any atom is -0.493 e. The molecule has 0 fully saturated rings. The SMILES string of the molecule is COc1cc(CNC2=NCCN2C)cc(OC)c1OC.I. The van der Waals surface area contributed by atoms with Crippen molar-refractivity contribution in [2.24, 2.45) is 4.99 Å². The normalized spacial score (nSPS) is 13.3. The Bertz CT molecular complexity index is 483. The fourth-order valence-corrected chi connectivity index (χ4v) is 2.14. The second kappa shape index (κ2) is 8.16. The highest BCUT2D eigenvalue weighted by atomic mass is 127. The molecule has 1 aliphatic heterocycles. The molecule has 1 aliphatic rings. The summed E-state index contributed by atoms with van der Waals surface area (Å²) in [4.78, 5) is 6.49. The maximum Gasteiger partial charge on any atom is 0.203 e. The van der Waals surface area contributed by atoms with E-state index in [0.717, 1.165) is 24.6 Å². The number of ether oxygens (including phenoxy) is 3. The summed E-state index contributed by atoms with van der Waals surface area (Å²) in [5, 5.41) is 3.31. The number of likely N-dealkylation sites (N-methyl/N-ethyl adjacent to an activating group) is 1. The molecule has 0 saturated carbocycles. The van der Waals surface area contributed by atoms with Gasteiger partial charge < -0.3 is 24.4 Å². The molecule has 1 aromatic rings. The molecule has 0 saturated heterocycles. The van der Waals surface area contributed by atoms with Crippen LogP contribution >= 0.6 is 24.0 Å². The number of guanidine groups is 1. The zero-order valence-electron chi connectivity index (χ0n) is 12.8. The molecular weight excluding hydrogens is 385 g/mol. The summed E-state index contributed by atoms with van der Waals surface area (Å²) in [6, 6.07) is 3.87. The maximum atomic E-state index is 5.34. The molecule has 0 amide bonds. The van der Waals surface area contributed by atoms with E-state index < -0.39 is 0 Å². The molecule has 0 unspecified atom stereocenters. The van der Waals surface area contributed by atoms with E-state index in [2.05, 4.69) is 15.2 Å². The van der Waals surface area contributed by atoms with Crippen LogP contribution < -0.4 is 19.5 Å². The van der Waals surface area contributed by atoms with Crippen LogP contribution in [-0.2, 0) is 6.54 Å². The smallest absolute Gasteiger partial charge is 0.203 e. The van der Waals surface area contributed by atoms with Crippen LogP contribution in [0.3, 0.4) is 0 Å². The van der Waals surface area contributed by atoms with Gasteiger partial charge in [-0.3, -0.25) is 4.99 Å². The topological polar surface area (TPSA) is 55.3 Å². The highest BCUT2D eigenvalue weighted by Crippen LogP contribution is 2.38. The van der Waals surface area contributed by atoms with Crippen molar-refractivity contribution in [3.8, 4) is 17.2 Å². The number of methoxy groups -OCH3 is 3. The number of benzene rings is 1. The molecule has 7 heteroatoms. The van der Waals surface area contributed by atoms with Crippen LogP contribution in [0, 0.1) is 0 Å². The van der Waals surface area contributed by atoms with Crippen molar-refractivity contribution < 1.29 is 14.2 Å². The molecule has 0 radical (unpaired) electrons. The lowest BCUT2D eigenvalue weighted by molar-refractivity contribution is 0.323. The van der Waals surface area contributed by atoms with E-state index in [1.54, 1.807) is 21.3 Å². The molecule has 0 aromatic heterocycles. The van der Waals surface area contributed by atoms with Crippen LogP contribution in [0.5, 0.6) is 17.2 Å². The van der Waals surface area contributed by atoms with Gasteiger partial charge in [0.15, 0.2) is 17.5 Å². The lowest BCUT2D eigenvalue weighted by Crippen LogP contribution is -2.35. The Hall–Kier alpha value is -1.38. The second-order valence-corrected chi connectivity index (χ2v) is 4.51. The zero-order chi connectivity index (χ0) is 14.5. The van der Waals surface area contributed by atoms with Crippen LogP contribution in [0.25, 0.3) is 0 Å². The summed E-state index contributed by atoms with van der Waals surface area (Å²) in [7, 11) is 6.85. The number of rotatable bonds is 5. The van der Waals surface area contributed by atoms with E-state index in [1.807, 2.05) is 19.2 Å². The minimum atomic E-state index is 0. The number of halogens is 1.